The SMILES string of the molecule is COc1ccc(CCN(C)C(=O)/C=C/c2ccc(OC(F)(F)F)cc2)cc1OC. The van der Waals surface area contributed by atoms with Crippen LogP contribution in [0.3, 0.4) is 0 Å². The van der Waals surface area contributed by atoms with E-state index >= 15 is 0 Å². The summed E-state index contributed by atoms with van der Waals surface area (Å²) in [7, 11) is 4.80. The maximum atomic E-state index is 12.2. The zero-order chi connectivity index (χ0) is 21.4. The van der Waals surface area contributed by atoms with E-state index < -0.39 is 6.36 Å². The van der Waals surface area contributed by atoms with Gasteiger partial charge in [-0.1, -0.05) is 18.2 Å². The van der Waals surface area contributed by atoms with E-state index in [0.29, 0.717) is 30.0 Å². The van der Waals surface area contributed by atoms with Crippen molar-refractivity contribution in [3.8, 4) is 17.2 Å². The van der Waals surface area contributed by atoms with Gasteiger partial charge < -0.3 is 19.1 Å². The summed E-state index contributed by atoms with van der Waals surface area (Å²) in [6.07, 6.45) is -1.20. The molecule has 0 aliphatic rings. The van der Waals surface area contributed by atoms with Crippen LogP contribution < -0.4 is 14.2 Å². The number of methoxy groups -OCH3 is 2. The van der Waals surface area contributed by atoms with Gasteiger partial charge >= 0.3 is 6.36 Å². The number of hydrogen-bond acceptors (Lipinski definition) is 4. The van der Waals surface area contributed by atoms with Gasteiger partial charge in [0.1, 0.15) is 5.75 Å². The van der Waals surface area contributed by atoms with E-state index in [4.69, 9.17) is 9.47 Å². The summed E-state index contributed by atoms with van der Waals surface area (Å²) in [5.74, 6) is 0.723. The Labute approximate surface area is 167 Å². The molecule has 0 bridgehead atoms. The minimum absolute atomic E-state index is 0.221. The highest BCUT2D eigenvalue weighted by molar-refractivity contribution is 5.91. The number of halogens is 3. The van der Waals surface area contributed by atoms with E-state index in [1.54, 1.807) is 26.2 Å². The lowest BCUT2D eigenvalue weighted by Gasteiger charge is -2.16. The molecule has 2 aromatic carbocycles. The first-order chi connectivity index (χ1) is 13.7. The largest absolute Gasteiger partial charge is 0.573 e. The molecular formula is C21H22F3NO4. The number of rotatable bonds is 8. The van der Waals surface area contributed by atoms with Crippen molar-refractivity contribution in [2.75, 3.05) is 27.8 Å². The number of benzene rings is 2. The first-order valence-corrected chi connectivity index (χ1v) is 8.71. The van der Waals surface area contributed by atoms with Crippen LogP contribution in [0.2, 0.25) is 0 Å². The van der Waals surface area contributed by atoms with Crippen molar-refractivity contribution in [1.82, 2.24) is 4.90 Å². The standard InChI is InChI=1S/C21H22F3NO4/c1-25(13-12-16-6-10-18(27-2)19(14-16)28-3)20(26)11-7-15-4-8-17(9-5-15)29-21(22,23)24/h4-11,14H,12-13H2,1-3H3/b11-7+. The summed E-state index contributed by atoms with van der Waals surface area (Å²) in [5.41, 5.74) is 1.58. The number of amides is 1. The molecule has 0 radical (unpaired) electrons. The van der Waals surface area contributed by atoms with Gasteiger partial charge in [-0.05, 0) is 47.9 Å². The van der Waals surface area contributed by atoms with Gasteiger partial charge in [-0.2, -0.15) is 0 Å². The summed E-state index contributed by atoms with van der Waals surface area (Å²) >= 11 is 0. The zero-order valence-corrected chi connectivity index (χ0v) is 16.3. The molecule has 0 saturated heterocycles. The van der Waals surface area contributed by atoms with Crippen molar-refractivity contribution in [3.05, 3.63) is 59.7 Å². The van der Waals surface area contributed by atoms with E-state index in [1.165, 1.54) is 36.4 Å². The number of likely N-dealkylation sites (N-methyl/N-ethyl adjacent to an activating group) is 1. The topological polar surface area (TPSA) is 48.0 Å². The number of ether oxygens (including phenoxy) is 3. The van der Waals surface area contributed by atoms with Crippen LogP contribution in [0.5, 0.6) is 17.2 Å². The Hall–Kier alpha value is -3.16. The molecule has 0 unspecified atom stereocenters. The second-order valence-electron chi connectivity index (χ2n) is 6.15. The van der Waals surface area contributed by atoms with Gasteiger partial charge in [0.2, 0.25) is 5.91 Å². The molecule has 0 heterocycles. The van der Waals surface area contributed by atoms with Gasteiger partial charge in [-0.15, -0.1) is 13.2 Å². The number of carbonyl (C=O) groups is 1. The van der Waals surface area contributed by atoms with E-state index in [2.05, 4.69) is 4.74 Å². The van der Waals surface area contributed by atoms with Crippen LogP contribution in [-0.4, -0.2) is 45.0 Å². The molecule has 0 fully saturated rings. The molecule has 29 heavy (non-hydrogen) atoms. The third kappa shape index (κ3) is 7.06. The van der Waals surface area contributed by atoms with Crippen LogP contribution in [0.1, 0.15) is 11.1 Å². The Morgan fingerprint density at radius 1 is 1.03 bits per heavy atom. The number of nitrogens with zero attached hydrogens (tertiary/aromatic N) is 1. The van der Waals surface area contributed by atoms with E-state index in [-0.39, 0.29) is 11.7 Å². The fourth-order valence-corrected chi connectivity index (χ4v) is 2.52. The molecule has 2 rings (SSSR count). The van der Waals surface area contributed by atoms with Crippen molar-refractivity contribution < 1.29 is 32.2 Å². The van der Waals surface area contributed by atoms with Crippen LogP contribution in [0.4, 0.5) is 13.2 Å². The number of carbonyl (C=O) groups excluding carboxylic acids is 1. The lowest BCUT2D eigenvalue weighted by molar-refractivity contribution is -0.274. The summed E-state index contributed by atoms with van der Waals surface area (Å²) in [5, 5.41) is 0. The average Bonchev–Trinajstić information content (AvgIpc) is 2.69. The van der Waals surface area contributed by atoms with E-state index in [9.17, 15) is 18.0 Å². The molecule has 0 N–H and O–H groups in total. The molecule has 0 atom stereocenters. The summed E-state index contributed by atoms with van der Waals surface area (Å²) < 4.78 is 50.8. The Balaban J connectivity index is 1.90. The van der Waals surface area contributed by atoms with Crippen molar-refractivity contribution in [2.24, 2.45) is 0 Å². The van der Waals surface area contributed by atoms with Crippen LogP contribution in [0.25, 0.3) is 6.08 Å². The molecule has 1 amide bonds. The fraction of sp³-hybridized carbons (Fsp3) is 0.286. The Morgan fingerprint density at radius 2 is 1.69 bits per heavy atom. The van der Waals surface area contributed by atoms with Gasteiger partial charge in [-0.3, -0.25) is 4.79 Å². The van der Waals surface area contributed by atoms with Gasteiger partial charge in [0.25, 0.3) is 0 Å². The molecule has 0 aliphatic heterocycles. The van der Waals surface area contributed by atoms with Gasteiger partial charge in [0, 0.05) is 19.7 Å². The molecule has 8 heteroatoms. The highest BCUT2D eigenvalue weighted by atomic mass is 19.4. The quantitative estimate of drug-likeness (QED) is 0.610. The van der Waals surface area contributed by atoms with Crippen molar-refractivity contribution in [1.29, 1.82) is 0 Å². The number of alkyl halides is 3. The predicted octanol–water partition coefficient (Wildman–Crippen LogP) is 4.32. The highest BCUT2D eigenvalue weighted by Crippen LogP contribution is 2.27. The Kier molecular flexibility index (Phi) is 7.52. The Morgan fingerprint density at radius 3 is 2.28 bits per heavy atom. The molecule has 156 valence electrons. The number of hydrogen-bond donors (Lipinski definition) is 0. The van der Waals surface area contributed by atoms with E-state index in [1.807, 2.05) is 18.2 Å². The van der Waals surface area contributed by atoms with Crippen LogP contribution in [-0.2, 0) is 11.2 Å². The summed E-state index contributed by atoms with van der Waals surface area (Å²) in [4.78, 5) is 13.8. The van der Waals surface area contributed by atoms with Gasteiger partial charge in [0.05, 0.1) is 14.2 Å². The minimum Gasteiger partial charge on any atom is -0.493 e. The highest BCUT2D eigenvalue weighted by Gasteiger charge is 2.30. The van der Waals surface area contributed by atoms with Crippen molar-refractivity contribution >= 4 is 12.0 Å². The lowest BCUT2D eigenvalue weighted by atomic mass is 10.1. The van der Waals surface area contributed by atoms with Crippen LogP contribution in [0, 0.1) is 0 Å². The minimum atomic E-state index is -4.73. The maximum absolute atomic E-state index is 12.2. The first-order valence-electron chi connectivity index (χ1n) is 8.71. The van der Waals surface area contributed by atoms with Crippen molar-refractivity contribution in [3.63, 3.8) is 0 Å². The van der Waals surface area contributed by atoms with Gasteiger partial charge in [-0.25, -0.2) is 0 Å². The Bertz CT molecular complexity index is 848. The van der Waals surface area contributed by atoms with Crippen LogP contribution in [0.15, 0.2) is 48.5 Å². The lowest BCUT2D eigenvalue weighted by Crippen LogP contribution is -2.27. The second-order valence-corrected chi connectivity index (χ2v) is 6.15. The summed E-state index contributed by atoms with van der Waals surface area (Å²) in [6, 6.07) is 10.8. The molecule has 0 aromatic heterocycles. The third-order valence-electron chi connectivity index (χ3n) is 4.09. The molecule has 2 aromatic rings. The zero-order valence-electron chi connectivity index (χ0n) is 16.3. The monoisotopic (exact) mass is 409 g/mol. The molecule has 0 aliphatic carbocycles. The van der Waals surface area contributed by atoms with Crippen molar-refractivity contribution in [2.45, 2.75) is 12.8 Å². The molecule has 0 saturated carbocycles. The maximum Gasteiger partial charge on any atom is 0.573 e. The second kappa shape index (κ2) is 9.86. The fourth-order valence-electron chi connectivity index (χ4n) is 2.52. The first kappa shape index (κ1) is 22.1. The van der Waals surface area contributed by atoms with Gasteiger partial charge in [0.15, 0.2) is 11.5 Å². The smallest absolute Gasteiger partial charge is 0.493 e. The van der Waals surface area contributed by atoms with Crippen LogP contribution >= 0.6 is 0 Å². The molecule has 5 nitrogen and oxygen atoms in total. The third-order valence-corrected chi connectivity index (χ3v) is 4.09. The van der Waals surface area contributed by atoms with E-state index in [0.717, 1.165) is 5.56 Å². The molecular weight excluding hydrogens is 387 g/mol. The predicted molar refractivity (Wildman–Crippen MR) is 103 cm³/mol. The average molecular weight is 409 g/mol. The summed E-state index contributed by atoms with van der Waals surface area (Å²) in [6.45, 7) is 0.483. The normalized spacial score (nSPS) is 11.4. The molecule has 0 spiro atoms.